The molecule has 0 aromatic heterocycles. The second-order valence-electron chi connectivity index (χ2n) is 7.59. The first kappa shape index (κ1) is 23.3. The molecule has 1 atom stereocenters. The summed E-state index contributed by atoms with van der Waals surface area (Å²) in [6, 6.07) is 7.68. The third-order valence-electron chi connectivity index (χ3n) is 5.41. The van der Waals surface area contributed by atoms with Crippen LogP contribution in [0.1, 0.15) is 46.5 Å². The fourth-order valence-electron chi connectivity index (χ4n) is 3.56. The van der Waals surface area contributed by atoms with Crippen LogP contribution in [0.3, 0.4) is 0 Å². The van der Waals surface area contributed by atoms with E-state index >= 15 is 0 Å². The molecule has 7 heteroatoms. The second-order valence-corrected chi connectivity index (χ2v) is 8.03. The Labute approximate surface area is 180 Å². The van der Waals surface area contributed by atoms with Gasteiger partial charge in [0.1, 0.15) is 11.9 Å². The Morgan fingerprint density at radius 3 is 2.41 bits per heavy atom. The Balaban J connectivity index is 1.73. The molecule has 2 N–H and O–H groups in total. The van der Waals surface area contributed by atoms with Gasteiger partial charge in [-0.1, -0.05) is 25.4 Å². The molecular formula is C22H35ClN4O2. The van der Waals surface area contributed by atoms with Crippen LogP contribution in [0.25, 0.3) is 0 Å². The zero-order valence-electron chi connectivity index (χ0n) is 18.1. The van der Waals surface area contributed by atoms with Gasteiger partial charge in [0.05, 0.1) is 6.54 Å². The molecule has 29 heavy (non-hydrogen) atoms. The van der Waals surface area contributed by atoms with Crippen molar-refractivity contribution in [2.24, 2.45) is 10.9 Å². The van der Waals surface area contributed by atoms with E-state index in [4.69, 9.17) is 16.3 Å². The van der Waals surface area contributed by atoms with Crippen LogP contribution in [-0.4, -0.2) is 55.6 Å². The van der Waals surface area contributed by atoms with Crippen molar-refractivity contribution in [1.29, 1.82) is 0 Å². The molecule has 1 aliphatic rings. The highest BCUT2D eigenvalue weighted by Crippen LogP contribution is 2.18. The van der Waals surface area contributed by atoms with Crippen LogP contribution in [-0.2, 0) is 4.79 Å². The highest BCUT2D eigenvalue weighted by Gasteiger charge is 2.26. The number of nitrogens with zero attached hydrogens (tertiary/aromatic N) is 2. The fraction of sp³-hybridized carbons (Fsp3) is 0.636. The summed E-state index contributed by atoms with van der Waals surface area (Å²) in [5, 5.41) is 7.50. The predicted molar refractivity (Wildman–Crippen MR) is 120 cm³/mol. The predicted octanol–water partition coefficient (Wildman–Crippen LogP) is 3.70. The van der Waals surface area contributed by atoms with Gasteiger partial charge >= 0.3 is 0 Å². The normalized spacial score (nSPS) is 16.6. The van der Waals surface area contributed by atoms with Gasteiger partial charge < -0.3 is 20.3 Å². The molecule has 162 valence electrons. The van der Waals surface area contributed by atoms with Crippen LogP contribution in [0, 0.1) is 5.92 Å². The summed E-state index contributed by atoms with van der Waals surface area (Å²) >= 11 is 5.91. The van der Waals surface area contributed by atoms with Crippen LogP contribution in [0.4, 0.5) is 0 Å². The van der Waals surface area contributed by atoms with E-state index in [0.717, 1.165) is 50.5 Å². The maximum atomic E-state index is 12.5. The number of aliphatic imine (C=N–C) groups is 1. The SMILES string of the molecule is CCC(CC)C(=O)N1CCC(NC(=NC)NCC(C)Oc2ccc(Cl)cc2)CC1. The lowest BCUT2D eigenvalue weighted by Crippen LogP contribution is -2.51. The fourth-order valence-corrected chi connectivity index (χ4v) is 3.68. The Morgan fingerprint density at radius 1 is 1.24 bits per heavy atom. The van der Waals surface area contributed by atoms with Crippen LogP contribution < -0.4 is 15.4 Å². The summed E-state index contributed by atoms with van der Waals surface area (Å²) in [5.74, 6) is 2.03. The lowest BCUT2D eigenvalue weighted by molar-refractivity contribution is -0.136. The molecule has 1 unspecified atom stereocenters. The number of nitrogens with one attached hydrogen (secondary N) is 2. The van der Waals surface area contributed by atoms with E-state index in [1.54, 1.807) is 7.05 Å². The Morgan fingerprint density at radius 2 is 1.86 bits per heavy atom. The van der Waals surface area contributed by atoms with Crippen molar-refractivity contribution in [1.82, 2.24) is 15.5 Å². The molecule has 1 aromatic carbocycles. The van der Waals surface area contributed by atoms with Crippen molar-refractivity contribution in [3.63, 3.8) is 0 Å². The topological polar surface area (TPSA) is 66.0 Å². The van der Waals surface area contributed by atoms with Crippen molar-refractivity contribution in [2.75, 3.05) is 26.7 Å². The van der Waals surface area contributed by atoms with Gasteiger partial charge in [-0.05, 0) is 56.9 Å². The molecule has 0 saturated carbocycles. The first-order chi connectivity index (χ1) is 14.0. The molecular weight excluding hydrogens is 388 g/mol. The van der Waals surface area contributed by atoms with Crippen LogP contribution in [0.2, 0.25) is 5.02 Å². The van der Waals surface area contributed by atoms with Gasteiger partial charge in [0.25, 0.3) is 0 Å². The number of halogens is 1. The number of amides is 1. The number of carbonyl (C=O) groups excluding carboxylic acids is 1. The van der Waals surface area contributed by atoms with Crippen molar-refractivity contribution >= 4 is 23.5 Å². The van der Waals surface area contributed by atoms with E-state index < -0.39 is 0 Å². The Hall–Kier alpha value is -1.95. The summed E-state index contributed by atoms with van der Waals surface area (Å²) in [6.07, 6.45) is 3.68. The van der Waals surface area contributed by atoms with E-state index in [0.29, 0.717) is 23.5 Å². The number of carbonyl (C=O) groups is 1. The monoisotopic (exact) mass is 422 g/mol. The smallest absolute Gasteiger partial charge is 0.225 e. The van der Waals surface area contributed by atoms with Gasteiger partial charge in [0, 0.05) is 37.1 Å². The van der Waals surface area contributed by atoms with Crippen LogP contribution in [0.5, 0.6) is 5.75 Å². The van der Waals surface area contributed by atoms with Gasteiger partial charge in [0.2, 0.25) is 5.91 Å². The van der Waals surface area contributed by atoms with Gasteiger partial charge in [-0.3, -0.25) is 9.79 Å². The van der Waals surface area contributed by atoms with E-state index in [9.17, 15) is 4.79 Å². The van der Waals surface area contributed by atoms with Gasteiger partial charge in [-0.2, -0.15) is 0 Å². The maximum absolute atomic E-state index is 12.5. The number of likely N-dealkylation sites (tertiary alicyclic amines) is 1. The third kappa shape index (κ3) is 7.42. The molecule has 1 fully saturated rings. The summed E-state index contributed by atoms with van der Waals surface area (Å²) in [5.41, 5.74) is 0. The molecule has 1 heterocycles. The Bertz CT molecular complexity index is 653. The minimum absolute atomic E-state index is 0.0192. The Kier molecular flexibility index (Phi) is 9.58. The molecule has 0 bridgehead atoms. The largest absolute Gasteiger partial charge is 0.489 e. The standard InChI is InChI=1S/C22H35ClN4O2/c1-5-17(6-2)21(28)27-13-11-19(12-14-27)26-22(24-4)25-15-16(3)29-20-9-7-18(23)8-10-20/h7-10,16-17,19H,5-6,11-15H2,1-4H3,(H2,24,25,26). The first-order valence-electron chi connectivity index (χ1n) is 10.6. The van der Waals surface area contributed by atoms with Crippen molar-refractivity contribution in [2.45, 2.75) is 58.6 Å². The minimum Gasteiger partial charge on any atom is -0.489 e. The summed E-state index contributed by atoms with van der Waals surface area (Å²) in [7, 11) is 1.77. The van der Waals surface area contributed by atoms with Gasteiger partial charge in [0.15, 0.2) is 5.96 Å². The highest BCUT2D eigenvalue weighted by atomic mass is 35.5. The zero-order valence-corrected chi connectivity index (χ0v) is 18.8. The summed E-state index contributed by atoms with van der Waals surface area (Å²) < 4.78 is 5.89. The first-order valence-corrected chi connectivity index (χ1v) is 11.0. The third-order valence-corrected chi connectivity index (χ3v) is 5.67. The molecule has 1 aliphatic heterocycles. The average Bonchev–Trinajstić information content (AvgIpc) is 2.74. The number of ether oxygens (including phenoxy) is 1. The van der Waals surface area contributed by atoms with E-state index in [1.807, 2.05) is 36.1 Å². The number of benzene rings is 1. The molecule has 2 rings (SSSR count). The molecule has 1 amide bonds. The number of hydrogen-bond donors (Lipinski definition) is 2. The molecule has 0 aliphatic carbocycles. The van der Waals surface area contributed by atoms with E-state index in [1.165, 1.54) is 0 Å². The highest BCUT2D eigenvalue weighted by molar-refractivity contribution is 6.30. The minimum atomic E-state index is -0.0192. The maximum Gasteiger partial charge on any atom is 0.225 e. The summed E-state index contributed by atoms with van der Waals surface area (Å²) in [4.78, 5) is 18.9. The van der Waals surface area contributed by atoms with Crippen molar-refractivity contribution in [3.8, 4) is 5.75 Å². The quantitative estimate of drug-likeness (QED) is 0.495. The number of piperidine rings is 1. The van der Waals surface area contributed by atoms with Crippen molar-refractivity contribution in [3.05, 3.63) is 29.3 Å². The van der Waals surface area contributed by atoms with Crippen LogP contribution >= 0.6 is 11.6 Å². The van der Waals surface area contributed by atoms with Crippen molar-refractivity contribution < 1.29 is 9.53 Å². The average molecular weight is 423 g/mol. The lowest BCUT2D eigenvalue weighted by atomic mass is 9.98. The molecule has 1 saturated heterocycles. The van der Waals surface area contributed by atoms with Gasteiger partial charge in [-0.15, -0.1) is 0 Å². The number of hydrogen-bond acceptors (Lipinski definition) is 3. The van der Waals surface area contributed by atoms with E-state index in [-0.39, 0.29) is 12.0 Å². The zero-order chi connectivity index (χ0) is 21.2. The molecule has 0 radical (unpaired) electrons. The molecule has 0 spiro atoms. The lowest BCUT2D eigenvalue weighted by Gasteiger charge is -2.35. The molecule has 6 nitrogen and oxygen atoms in total. The summed E-state index contributed by atoms with van der Waals surface area (Å²) in [6.45, 7) is 8.44. The second kappa shape index (κ2) is 11.9. The van der Waals surface area contributed by atoms with Gasteiger partial charge in [-0.25, -0.2) is 0 Å². The number of guanidine groups is 1. The van der Waals surface area contributed by atoms with E-state index in [2.05, 4.69) is 29.5 Å². The molecule has 1 aromatic rings. The van der Waals surface area contributed by atoms with Crippen LogP contribution in [0.15, 0.2) is 29.3 Å². The number of rotatable bonds is 8.